The average Bonchev–Trinajstić information content (AvgIpc) is 2.94. The van der Waals surface area contributed by atoms with E-state index in [4.69, 9.17) is 0 Å². The van der Waals surface area contributed by atoms with Gasteiger partial charge in [0.05, 0.1) is 16.7 Å². The Labute approximate surface area is 125 Å². The second kappa shape index (κ2) is 5.69. The van der Waals surface area contributed by atoms with Crippen LogP contribution < -0.4 is 5.56 Å². The van der Waals surface area contributed by atoms with E-state index >= 15 is 0 Å². The first-order valence-corrected chi connectivity index (χ1v) is 7.65. The third kappa shape index (κ3) is 2.97. The van der Waals surface area contributed by atoms with Gasteiger partial charge in [0.15, 0.2) is 0 Å². The lowest BCUT2D eigenvalue weighted by Gasteiger charge is -2.01. The number of hydrogen-bond acceptors (Lipinski definition) is 5. The van der Waals surface area contributed by atoms with Gasteiger partial charge in [-0.3, -0.25) is 9.89 Å². The number of fused-ring (bicyclic) bond motifs is 1. The summed E-state index contributed by atoms with van der Waals surface area (Å²) in [6.07, 6.45) is 0. The number of thioether (sulfide) groups is 1. The van der Waals surface area contributed by atoms with Crippen molar-refractivity contribution in [1.29, 1.82) is 0 Å². The molecule has 6 nitrogen and oxygen atoms in total. The molecule has 7 heteroatoms. The van der Waals surface area contributed by atoms with E-state index < -0.39 is 0 Å². The molecule has 0 fully saturated rings. The number of aromatic amines is 2. The van der Waals surface area contributed by atoms with E-state index in [1.807, 2.05) is 18.2 Å². The molecule has 0 bridgehead atoms. The molecule has 0 saturated heterocycles. The maximum absolute atomic E-state index is 12.0. The summed E-state index contributed by atoms with van der Waals surface area (Å²) in [4.78, 5) is 23.6. The zero-order valence-corrected chi connectivity index (χ0v) is 12.6. The SMILES string of the molecule is CC(C)c1nc(SCc2nc3ccccc3c(=O)[nH]2)n[nH]1. The first kappa shape index (κ1) is 13.8. The summed E-state index contributed by atoms with van der Waals surface area (Å²) in [5, 5.41) is 8.32. The maximum Gasteiger partial charge on any atom is 0.258 e. The van der Waals surface area contributed by atoms with Crippen LogP contribution in [0.2, 0.25) is 0 Å². The lowest BCUT2D eigenvalue weighted by Crippen LogP contribution is -2.11. The number of nitrogens with one attached hydrogen (secondary N) is 2. The van der Waals surface area contributed by atoms with Crippen molar-refractivity contribution < 1.29 is 0 Å². The molecule has 0 aliphatic heterocycles. The van der Waals surface area contributed by atoms with E-state index in [9.17, 15) is 4.79 Å². The van der Waals surface area contributed by atoms with E-state index in [1.54, 1.807) is 6.07 Å². The minimum Gasteiger partial charge on any atom is -0.309 e. The molecule has 21 heavy (non-hydrogen) atoms. The molecule has 0 radical (unpaired) electrons. The highest BCUT2D eigenvalue weighted by atomic mass is 32.2. The predicted molar refractivity (Wildman–Crippen MR) is 82.4 cm³/mol. The van der Waals surface area contributed by atoms with Crippen molar-refractivity contribution in [2.75, 3.05) is 0 Å². The highest BCUT2D eigenvalue weighted by molar-refractivity contribution is 7.98. The Morgan fingerprint density at radius 2 is 2.05 bits per heavy atom. The van der Waals surface area contributed by atoms with E-state index in [0.29, 0.717) is 33.6 Å². The fraction of sp³-hybridized carbons (Fsp3) is 0.286. The van der Waals surface area contributed by atoms with Gasteiger partial charge in [0.1, 0.15) is 11.6 Å². The van der Waals surface area contributed by atoms with Gasteiger partial charge in [-0.2, -0.15) is 0 Å². The summed E-state index contributed by atoms with van der Waals surface area (Å²) < 4.78 is 0. The Kier molecular flexibility index (Phi) is 3.74. The fourth-order valence-corrected chi connectivity index (χ4v) is 2.59. The monoisotopic (exact) mass is 301 g/mol. The van der Waals surface area contributed by atoms with Crippen molar-refractivity contribution in [2.24, 2.45) is 0 Å². The summed E-state index contributed by atoms with van der Waals surface area (Å²) in [5.41, 5.74) is 0.587. The summed E-state index contributed by atoms with van der Waals surface area (Å²) >= 11 is 1.44. The molecule has 2 N–H and O–H groups in total. The normalized spacial score (nSPS) is 11.4. The first-order valence-electron chi connectivity index (χ1n) is 6.66. The van der Waals surface area contributed by atoms with Crippen molar-refractivity contribution in [3.8, 4) is 0 Å². The molecule has 1 aromatic carbocycles. The number of nitrogens with zero attached hydrogens (tertiary/aromatic N) is 3. The van der Waals surface area contributed by atoms with Gasteiger partial charge in [-0.15, -0.1) is 5.10 Å². The van der Waals surface area contributed by atoms with Crippen LogP contribution in [0, 0.1) is 0 Å². The fourth-order valence-electron chi connectivity index (χ4n) is 1.92. The van der Waals surface area contributed by atoms with Gasteiger partial charge in [0.25, 0.3) is 5.56 Å². The number of rotatable bonds is 4. The van der Waals surface area contributed by atoms with Crippen LogP contribution in [0.15, 0.2) is 34.2 Å². The Morgan fingerprint density at radius 3 is 2.81 bits per heavy atom. The van der Waals surface area contributed by atoms with Crippen LogP contribution in [0.3, 0.4) is 0 Å². The Balaban J connectivity index is 1.80. The van der Waals surface area contributed by atoms with Crippen LogP contribution in [0.25, 0.3) is 10.9 Å². The number of aromatic nitrogens is 5. The van der Waals surface area contributed by atoms with Crippen LogP contribution in [-0.2, 0) is 5.75 Å². The highest BCUT2D eigenvalue weighted by Gasteiger charge is 2.09. The topological polar surface area (TPSA) is 87.3 Å². The van der Waals surface area contributed by atoms with E-state index in [2.05, 4.69) is 39.0 Å². The lowest BCUT2D eigenvalue weighted by atomic mass is 10.2. The van der Waals surface area contributed by atoms with Crippen LogP contribution in [0.5, 0.6) is 0 Å². The molecule has 0 atom stereocenters. The summed E-state index contributed by atoms with van der Waals surface area (Å²) in [7, 11) is 0. The maximum atomic E-state index is 12.0. The molecule has 2 aromatic heterocycles. The predicted octanol–water partition coefficient (Wildman–Crippen LogP) is 2.46. The second-order valence-corrected chi connectivity index (χ2v) is 5.92. The molecular weight excluding hydrogens is 286 g/mol. The Bertz CT molecular complexity index is 823. The summed E-state index contributed by atoms with van der Waals surface area (Å²) in [5.74, 6) is 2.32. The molecule has 0 amide bonds. The highest BCUT2D eigenvalue weighted by Crippen LogP contribution is 2.19. The standard InChI is InChI=1S/C14H15N5OS/c1-8(2)12-17-14(19-18-12)21-7-11-15-10-6-4-3-5-9(10)13(20)16-11/h3-6,8H,7H2,1-2H3,(H,15,16,20)(H,17,18,19). The molecule has 108 valence electrons. The first-order chi connectivity index (χ1) is 10.1. The number of H-pyrrole nitrogens is 2. The number of benzene rings is 1. The minimum absolute atomic E-state index is 0.117. The molecule has 3 rings (SSSR count). The van der Waals surface area contributed by atoms with Crippen molar-refractivity contribution >= 4 is 22.7 Å². The van der Waals surface area contributed by atoms with Crippen LogP contribution >= 0.6 is 11.8 Å². The van der Waals surface area contributed by atoms with Gasteiger partial charge >= 0.3 is 0 Å². The van der Waals surface area contributed by atoms with Crippen molar-refractivity contribution in [1.82, 2.24) is 25.1 Å². The molecule has 0 unspecified atom stereocenters. The van der Waals surface area contributed by atoms with E-state index in [-0.39, 0.29) is 5.56 Å². The van der Waals surface area contributed by atoms with Gasteiger partial charge in [-0.05, 0) is 12.1 Å². The molecule has 0 saturated carbocycles. The molecule has 0 aliphatic carbocycles. The van der Waals surface area contributed by atoms with E-state index in [0.717, 1.165) is 5.82 Å². The molecule has 0 spiro atoms. The second-order valence-electron chi connectivity index (χ2n) is 4.98. The number of hydrogen-bond donors (Lipinski definition) is 2. The van der Waals surface area contributed by atoms with Gasteiger partial charge in [0.2, 0.25) is 5.16 Å². The Morgan fingerprint density at radius 1 is 1.24 bits per heavy atom. The molecule has 3 aromatic rings. The number of para-hydroxylation sites is 1. The molecular formula is C14H15N5OS. The quantitative estimate of drug-likeness (QED) is 0.723. The van der Waals surface area contributed by atoms with Crippen molar-refractivity contribution in [2.45, 2.75) is 30.7 Å². The minimum atomic E-state index is -0.117. The van der Waals surface area contributed by atoms with Gasteiger partial charge in [-0.1, -0.05) is 37.7 Å². The lowest BCUT2D eigenvalue weighted by molar-refractivity contribution is 0.780. The largest absolute Gasteiger partial charge is 0.309 e. The van der Waals surface area contributed by atoms with Crippen LogP contribution in [0.4, 0.5) is 0 Å². The summed E-state index contributed by atoms with van der Waals surface area (Å²) in [6.45, 7) is 4.11. The zero-order chi connectivity index (χ0) is 14.8. The smallest absolute Gasteiger partial charge is 0.258 e. The third-order valence-corrected chi connectivity index (χ3v) is 3.89. The van der Waals surface area contributed by atoms with Crippen molar-refractivity contribution in [3.05, 3.63) is 46.3 Å². The van der Waals surface area contributed by atoms with Gasteiger partial charge in [0, 0.05) is 5.92 Å². The van der Waals surface area contributed by atoms with Crippen LogP contribution in [0.1, 0.15) is 31.4 Å². The van der Waals surface area contributed by atoms with Gasteiger partial charge in [-0.25, -0.2) is 9.97 Å². The van der Waals surface area contributed by atoms with E-state index in [1.165, 1.54) is 11.8 Å². The summed E-state index contributed by atoms with van der Waals surface area (Å²) in [6, 6.07) is 7.30. The Hall–Kier alpha value is -2.15. The molecule has 0 aliphatic rings. The molecule has 2 heterocycles. The van der Waals surface area contributed by atoms with Crippen LogP contribution in [-0.4, -0.2) is 25.1 Å². The third-order valence-electron chi connectivity index (χ3n) is 3.03. The van der Waals surface area contributed by atoms with Crippen molar-refractivity contribution in [3.63, 3.8) is 0 Å². The van der Waals surface area contributed by atoms with Gasteiger partial charge < -0.3 is 4.98 Å². The zero-order valence-electron chi connectivity index (χ0n) is 11.8. The average molecular weight is 301 g/mol.